The summed E-state index contributed by atoms with van der Waals surface area (Å²) in [5.41, 5.74) is 1.77. The van der Waals surface area contributed by atoms with E-state index in [0.717, 1.165) is 36.2 Å². The van der Waals surface area contributed by atoms with Crippen LogP contribution in [0, 0.1) is 6.92 Å². The lowest BCUT2D eigenvalue weighted by atomic mass is 9.85. The minimum absolute atomic E-state index is 0.103. The summed E-state index contributed by atoms with van der Waals surface area (Å²) >= 11 is 6.10. The van der Waals surface area contributed by atoms with Gasteiger partial charge in [0.2, 0.25) is 0 Å². The number of carbonyl (C=O) groups is 2. The molecular weight excluding hydrogens is 447 g/mol. The van der Waals surface area contributed by atoms with Gasteiger partial charge in [-0.1, -0.05) is 11.6 Å². The molecule has 174 valence electrons. The van der Waals surface area contributed by atoms with E-state index in [9.17, 15) is 22.8 Å². The Labute approximate surface area is 188 Å². The lowest BCUT2D eigenvalue weighted by Gasteiger charge is -2.44. The van der Waals surface area contributed by atoms with Gasteiger partial charge in [0.05, 0.1) is 0 Å². The van der Waals surface area contributed by atoms with Crippen molar-refractivity contribution in [2.24, 2.45) is 0 Å². The van der Waals surface area contributed by atoms with Crippen LogP contribution >= 0.6 is 11.6 Å². The van der Waals surface area contributed by atoms with Gasteiger partial charge in [-0.05, 0) is 63.3 Å². The van der Waals surface area contributed by atoms with Gasteiger partial charge < -0.3 is 19.5 Å². The highest BCUT2D eigenvalue weighted by Crippen LogP contribution is 2.40. The Hall–Kier alpha value is -2.42. The van der Waals surface area contributed by atoms with Gasteiger partial charge >= 0.3 is 12.3 Å². The number of hydrogen-bond acceptors (Lipinski definition) is 3. The zero-order chi connectivity index (χ0) is 23.3. The lowest BCUT2D eigenvalue weighted by Crippen LogP contribution is -2.55. The van der Waals surface area contributed by atoms with E-state index in [1.807, 2.05) is 24.0 Å². The molecule has 0 radical (unpaired) electrons. The smallest absolute Gasteiger partial charge is 0.425 e. The molecule has 3 heterocycles. The Morgan fingerprint density at radius 3 is 2.53 bits per heavy atom. The molecule has 1 unspecified atom stereocenters. The summed E-state index contributed by atoms with van der Waals surface area (Å²) in [5.74, 6) is -0.103. The Morgan fingerprint density at radius 2 is 1.88 bits per heavy atom. The molecule has 0 aliphatic carbocycles. The first kappa shape index (κ1) is 22.8. The number of ether oxygens (including phenoxy) is 1. The van der Waals surface area contributed by atoms with E-state index in [2.05, 4.69) is 9.72 Å². The van der Waals surface area contributed by atoms with Gasteiger partial charge in [-0.3, -0.25) is 4.79 Å². The van der Waals surface area contributed by atoms with Crippen molar-refractivity contribution in [3.8, 4) is 0 Å². The van der Waals surface area contributed by atoms with Gasteiger partial charge in [0.1, 0.15) is 5.69 Å². The molecule has 1 spiro atoms. The molecule has 2 aliphatic rings. The number of nitrogens with zero attached hydrogens (tertiary/aromatic N) is 2. The van der Waals surface area contributed by atoms with Crippen LogP contribution in [0.2, 0.25) is 5.02 Å². The molecule has 0 bridgehead atoms. The van der Waals surface area contributed by atoms with Crippen LogP contribution in [0.5, 0.6) is 0 Å². The topological polar surface area (TPSA) is 65.6 Å². The third-order valence-electron chi connectivity index (χ3n) is 6.77. The molecule has 2 saturated heterocycles. The molecule has 1 atom stereocenters. The number of halogens is 4. The Balaban J connectivity index is 1.48. The van der Waals surface area contributed by atoms with Crippen LogP contribution in [-0.4, -0.2) is 64.2 Å². The van der Waals surface area contributed by atoms with Crippen molar-refractivity contribution < 1.29 is 27.5 Å². The molecule has 2 fully saturated rings. The van der Waals surface area contributed by atoms with Gasteiger partial charge in [0, 0.05) is 41.1 Å². The number of rotatable bonds is 2. The summed E-state index contributed by atoms with van der Waals surface area (Å²) in [6, 6.07) is 5.43. The summed E-state index contributed by atoms with van der Waals surface area (Å²) in [4.78, 5) is 32.0. The van der Waals surface area contributed by atoms with Crippen LogP contribution in [0.25, 0.3) is 10.9 Å². The van der Waals surface area contributed by atoms with Crippen molar-refractivity contribution >= 4 is 34.5 Å². The highest BCUT2D eigenvalue weighted by molar-refractivity contribution is 6.31. The van der Waals surface area contributed by atoms with Crippen molar-refractivity contribution in [2.75, 3.05) is 19.6 Å². The summed E-state index contributed by atoms with van der Waals surface area (Å²) in [7, 11) is 0. The van der Waals surface area contributed by atoms with Crippen molar-refractivity contribution in [1.82, 2.24) is 14.8 Å². The first-order chi connectivity index (χ1) is 15.0. The van der Waals surface area contributed by atoms with E-state index >= 15 is 0 Å². The normalized spacial score (nSPS) is 19.6. The number of carbonyl (C=O) groups excluding carboxylic acids is 2. The van der Waals surface area contributed by atoms with E-state index in [1.54, 1.807) is 6.07 Å². The van der Waals surface area contributed by atoms with Crippen LogP contribution in [0.3, 0.4) is 0 Å². The number of amides is 2. The van der Waals surface area contributed by atoms with Crippen molar-refractivity contribution in [3.63, 3.8) is 0 Å². The standard InChI is InChI=1S/C22H25ClF3N3O3/c1-13-16-12-15(23)4-5-17(16)27-18(13)19(30)29-9-3-6-21(29)7-10-28(11-8-21)20(31)32-14(2)22(24,25)26/h4-5,12,14,27H,3,6-11H2,1-2H3. The van der Waals surface area contributed by atoms with Crippen LogP contribution in [-0.2, 0) is 4.74 Å². The molecule has 4 rings (SSSR count). The Bertz CT molecular complexity index is 1040. The average Bonchev–Trinajstić information content (AvgIpc) is 3.28. The first-order valence-corrected chi connectivity index (χ1v) is 11.0. The fourth-order valence-electron chi connectivity index (χ4n) is 4.82. The van der Waals surface area contributed by atoms with Crippen molar-refractivity contribution in [1.29, 1.82) is 0 Å². The molecule has 2 aromatic rings. The minimum atomic E-state index is -4.59. The number of nitrogens with one attached hydrogen (secondary N) is 1. The molecule has 6 nitrogen and oxygen atoms in total. The van der Waals surface area contributed by atoms with Crippen LogP contribution in [0.15, 0.2) is 18.2 Å². The molecule has 1 N–H and O–H groups in total. The molecule has 2 amide bonds. The van der Waals surface area contributed by atoms with Crippen molar-refractivity contribution in [3.05, 3.63) is 34.5 Å². The third-order valence-corrected chi connectivity index (χ3v) is 7.00. The Morgan fingerprint density at radius 1 is 1.19 bits per heavy atom. The van der Waals surface area contributed by atoms with E-state index in [1.165, 1.54) is 4.90 Å². The van der Waals surface area contributed by atoms with Gasteiger partial charge in [-0.15, -0.1) is 0 Å². The number of aromatic amines is 1. The number of fused-ring (bicyclic) bond motifs is 1. The van der Waals surface area contributed by atoms with Gasteiger partial charge in [0.25, 0.3) is 5.91 Å². The summed E-state index contributed by atoms with van der Waals surface area (Å²) < 4.78 is 42.7. The maximum atomic E-state index is 13.5. The Kier molecular flexibility index (Phi) is 5.81. The zero-order valence-corrected chi connectivity index (χ0v) is 18.6. The minimum Gasteiger partial charge on any atom is -0.437 e. The van der Waals surface area contributed by atoms with Crippen LogP contribution in [0.1, 0.15) is 48.7 Å². The number of alkyl halides is 3. The van der Waals surface area contributed by atoms with Crippen LogP contribution in [0.4, 0.5) is 18.0 Å². The molecular formula is C22H25ClF3N3O3. The second kappa shape index (κ2) is 8.17. The number of H-pyrrole nitrogens is 1. The number of aromatic nitrogens is 1. The summed E-state index contributed by atoms with van der Waals surface area (Å²) in [6.45, 7) is 3.79. The summed E-state index contributed by atoms with van der Waals surface area (Å²) in [5, 5.41) is 1.49. The fourth-order valence-corrected chi connectivity index (χ4v) is 4.99. The quantitative estimate of drug-likeness (QED) is 0.647. The maximum Gasteiger partial charge on any atom is 0.425 e. The molecule has 10 heteroatoms. The molecule has 1 aromatic carbocycles. The molecule has 2 aliphatic heterocycles. The highest BCUT2D eigenvalue weighted by Gasteiger charge is 2.47. The third kappa shape index (κ3) is 4.02. The predicted molar refractivity (Wildman–Crippen MR) is 114 cm³/mol. The SMILES string of the molecule is Cc1c(C(=O)N2CCCC23CCN(C(=O)OC(C)C(F)(F)F)CC3)[nH]c2ccc(Cl)cc12. The second-order valence-electron chi connectivity index (χ2n) is 8.65. The van der Waals surface area contributed by atoms with Crippen molar-refractivity contribution in [2.45, 2.75) is 57.3 Å². The largest absolute Gasteiger partial charge is 0.437 e. The number of likely N-dealkylation sites (tertiary alicyclic amines) is 2. The van der Waals surface area contributed by atoms with E-state index in [4.69, 9.17) is 11.6 Å². The zero-order valence-electron chi connectivity index (χ0n) is 17.9. The van der Waals surface area contributed by atoms with Crippen LogP contribution < -0.4 is 0 Å². The number of benzene rings is 1. The summed E-state index contributed by atoms with van der Waals surface area (Å²) in [6.07, 6.45) is -5.09. The van der Waals surface area contributed by atoms with Gasteiger partial charge in [-0.25, -0.2) is 4.79 Å². The molecule has 32 heavy (non-hydrogen) atoms. The van der Waals surface area contributed by atoms with E-state index < -0.39 is 23.9 Å². The van der Waals surface area contributed by atoms with E-state index in [-0.39, 0.29) is 19.0 Å². The second-order valence-corrected chi connectivity index (χ2v) is 9.09. The molecule has 1 aromatic heterocycles. The predicted octanol–water partition coefficient (Wildman–Crippen LogP) is 5.29. The highest BCUT2D eigenvalue weighted by atomic mass is 35.5. The van der Waals surface area contributed by atoms with Gasteiger partial charge in [0.15, 0.2) is 6.10 Å². The molecule has 0 saturated carbocycles. The van der Waals surface area contributed by atoms with Gasteiger partial charge in [-0.2, -0.15) is 13.2 Å². The number of aryl methyl sites for hydroxylation is 1. The fraction of sp³-hybridized carbons (Fsp3) is 0.545. The number of piperidine rings is 1. The lowest BCUT2D eigenvalue weighted by molar-refractivity contribution is -0.200. The van der Waals surface area contributed by atoms with E-state index in [0.29, 0.717) is 30.1 Å². The maximum absolute atomic E-state index is 13.5. The first-order valence-electron chi connectivity index (χ1n) is 10.6. The monoisotopic (exact) mass is 471 g/mol. The number of hydrogen-bond donors (Lipinski definition) is 1. The average molecular weight is 472 g/mol.